The number of nitrogens with two attached hydrogens (primary N) is 1. The molecule has 1 aromatic carbocycles. The smallest absolute Gasteiger partial charge is 0.322 e. The van der Waals surface area contributed by atoms with Crippen molar-refractivity contribution in [3.05, 3.63) is 41.2 Å². The summed E-state index contributed by atoms with van der Waals surface area (Å²) in [7, 11) is 0. The molecule has 1 atom stereocenters. The van der Waals surface area contributed by atoms with Gasteiger partial charge in [0.1, 0.15) is 5.75 Å². The van der Waals surface area contributed by atoms with Gasteiger partial charge in [0.05, 0.1) is 6.04 Å². The highest BCUT2D eigenvalue weighted by Gasteiger charge is 2.16. The van der Waals surface area contributed by atoms with Gasteiger partial charge in [-0.05, 0) is 43.5 Å². The summed E-state index contributed by atoms with van der Waals surface area (Å²) >= 11 is 0. The maximum atomic E-state index is 5.88. The van der Waals surface area contributed by atoms with Crippen LogP contribution in [-0.4, -0.2) is 14.8 Å². The molecule has 0 aliphatic heterocycles. The van der Waals surface area contributed by atoms with Gasteiger partial charge in [-0.3, -0.25) is 4.57 Å². The van der Waals surface area contributed by atoms with Gasteiger partial charge in [-0.2, -0.15) is 0 Å². The second-order valence-corrected chi connectivity index (χ2v) is 4.94. The summed E-state index contributed by atoms with van der Waals surface area (Å²) in [6.45, 7) is 4.64. The number of hydrogen-bond donors (Lipinski definition) is 1. The second-order valence-electron chi connectivity index (χ2n) is 4.94. The van der Waals surface area contributed by atoms with E-state index in [0.29, 0.717) is 6.01 Å². The zero-order valence-corrected chi connectivity index (χ0v) is 11.7. The van der Waals surface area contributed by atoms with E-state index in [1.165, 1.54) is 11.1 Å². The molecule has 0 saturated heterocycles. The number of allylic oxidation sites excluding steroid dienone is 1. The molecule has 2 aromatic rings. The van der Waals surface area contributed by atoms with E-state index in [2.05, 4.69) is 28.4 Å². The predicted octanol–water partition coefficient (Wildman–Crippen LogP) is 2.68. The molecule has 0 saturated carbocycles. The number of ether oxygens (including phenoxy) is 1. The van der Waals surface area contributed by atoms with E-state index in [4.69, 9.17) is 10.5 Å². The molecule has 0 amide bonds. The molecule has 1 aromatic heterocycles. The van der Waals surface area contributed by atoms with Gasteiger partial charge in [-0.25, -0.2) is 0 Å². The largest absolute Gasteiger partial charge is 0.424 e. The Morgan fingerprint density at radius 1 is 1.40 bits per heavy atom. The molecule has 2 N–H and O–H groups in total. The van der Waals surface area contributed by atoms with Crippen molar-refractivity contribution in [3.63, 3.8) is 0 Å². The Morgan fingerprint density at radius 3 is 3.00 bits per heavy atom. The lowest BCUT2D eigenvalue weighted by Gasteiger charge is -2.10. The first-order valence-corrected chi connectivity index (χ1v) is 6.85. The average molecular weight is 270 g/mol. The third kappa shape index (κ3) is 2.20. The summed E-state index contributed by atoms with van der Waals surface area (Å²) in [4.78, 5) is 0. The van der Waals surface area contributed by atoms with Gasteiger partial charge in [0.2, 0.25) is 0 Å². The van der Waals surface area contributed by atoms with Crippen LogP contribution in [0.1, 0.15) is 36.8 Å². The van der Waals surface area contributed by atoms with Crippen LogP contribution in [0.3, 0.4) is 0 Å². The first-order valence-electron chi connectivity index (χ1n) is 6.85. The molecule has 5 heteroatoms. The Balaban J connectivity index is 1.89. The summed E-state index contributed by atoms with van der Waals surface area (Å²) in [5, 5.41) is 8.19. The minimum atomic E-state index is -0.164. The summed E-state index contributed by atoms with van der Waals surface area (Å²) in [5.74, 6) is 1.51. The average Bonchev–Trinajstić information content (AvgIpc) is 3.04. The van der Waals surface area contributed by atoms with Gasteiger partial charge >= 0.3 is 6.01 Å². The zero-order valence-electron chi connectivity index (χ0n) is 11.7. The minimum Gasteiger partial charge on any atom is -0.424 e. The topological polar surface area (TPSA) is 66.0 Å². The highest BCUT2D eigenvalue weighted by Crippen LogP contribution is 2.27. The standard InChI is InChI=1S/C15H18N4O/c1-3-19-14(10(2)16)17-18-15(19)20-13-8-7-11-5-4-6-12(11)9-13/h4,6-10H,3,5,16H2,1-2H3/t10-/m1/s1. The predicted molar refractivity (Wildman–Crippen MR) is 77.6 cm³/mol. The van der Waals surface area contributed by atoms with E-state index >= 15 is 0 Å². The van der Waals surface area contributed by atoms with Crippen LogP contribution in [0.5, 0.6) is 11.8 Å². The fraction of sp³-hybridized carbons (Fsp3) is 0.333. The monoisotopic (exact) mass is 270 g/mol. The van der Waals surface area contributed by atoms with E-state index in [1.54, 1.807) is 0 Å². The fourth-order valence-electron chi connectivity index (χ4n) is 2.41. The fourth-order valence-corrected chi connectivity index (χ4v) is 2.41. The van der Waals surface area contributed by atoms with E-state index in [0.717, 1.165) is 24.5 Å². The summed E-state index contributed by atoms with van der Waals surface area (Å²) in [5.41, 5.74) is 8.41. The van der Waals surface area contributed by atoms with Gasteiger partial charge in [-0.1, -0.05) is 23.3 Å². The third-order valence-electron chi connectivity index (χ3n) is 3.43. The lowest BCUT2D eigenvalue weighted by atomic mass is 10.1. The molecule has 0 unspecified atom stereocenters. The SMILES string of the molecule is CCn1c(Oc2ccc3c(c2)C=CC3)nnc1[C@@H](C)N. The highest BCUT2D eigenvalue weighted by atomic mass is 16.5. The third-order valence-corrected chi connectivity index (χ3v) is 3.43. The lowest BCUT2D eigenvalue weighted by molar-refractivity contribution is 0.409. The molecule has 0 spiro atoms. The van der Waals surface area contributed by atoms with Gasteiger partial charge < -0.3 is 10.5 Å². The van der Waals surface area contributed by atoms with Crippen LogP contribution in [0.2, 0.25) is 0 Å². The van der Waals surface area contributed by atoms with E-state index < -0.39 is 0 Å². The molecule has 1 aliphatic rings. The number of hydrogen-bond acceptors (Lipinski definition) is 4. The summed E-state index contributed by atoms with van der Waals surface area (Å²) < 4.78 is 7.75. The Kier molecular flexibility index (Phi) is 3.28. The van der Waals surface area contributed by atoms with Gasteiger partial charge in [0.15, 0.2) is 5.82 Å². The van der Waals surface area contributed by atoms with E-state index in [1.807, 2.05) is 30.5 Å². The van der Waals surface area contributed by atoms with Crippen LogP contribution in [0.25, 0.3) is 6.08 Å². The number of nitrogens with zero attached hydrogens (tertiary/aromatic N) is 3. The van der Waals surface area contributed by atoms with Crippen molar-refractivity contribution >= 4 is 6.08 Å². The van der Waals surface area contributed by atoms with Gasteiger partial charge in [0, 0.05) is 6.54 Å². The van der Waals surface area contributed by atoms with Crippen molar-refractivity contribution in [3.8, 4) is 11.8 Å². The molecule has 104 valence electrons. The first kappa shape index (κ1) is 12.9. The Bertz CT molecular complexity index is 658. The van der Waals surface area contributed by atoms with Crippen LogP contribution in [0.4, 0.5) is 0 Å². The molecule has 0 fully saturated rings. The minimum absolute atomic E-state index is 0.164. The van der Waals surface area contributed by atoms with Gasteiger partial charge in [0.25, 0.3) is 0 Å². The molecular weight excluding hydrogens is 252 g/mol. The van der Waals surface area contributed by atoms with Crippen molar-refractivity contribution in [1.29, 1.82) is 0 Å². The zero-order chi connectivity index (χ0) is 14.1. The Hall–Kier alpha value is -2.14. The molecule has 1 aliphatic carbocycles. The maximum absolute atomic E-state index is 5.88. The van der Waals surface area contributed by atoms with Crippen LogP contribution < -0.4 is 10.5 Å². The van der Waals surface area contributed by atoms with Gasteiger partial charge in [-0.15, -0.1) is 5.10 Å². The molecular formula is C15H18N4O. The second kappa shape index (κ2) is 5.09. The van der Waals surface area contributed by atoms with Crippen molar-refractivity contribution in [1.82, 2.24) is 14.8 Å². The van der Waals surface area contributed by atoms with Crippen LogP contribution >= 0.6 is 0 Å². The molecule has 0 bridgehead atoms. The van der Waals surface area contributed by atoms with Crippen molar-refractivity contribution < 1.29 is 4.74 Å². The maximum Gasteiger partial charge on any atom is 0.322 e. The quantitative estimate of drug-likeness (QED) is 0.927. The van der Waals surface area contributed by atoms with Crippen LogP contribution in [-0.2, 0) is 13.0 Å². The van der Waals surface area contributed by atoms with Crippen LogP contribution in [0.15, 0.2) is 24.3 Å². The Morgan fingerprint density at radius 2 is 2.25 bits per heavy atom. The van der Waals surface area contributed by atoms with Crippen molar-refractivity contribution in [2.75, 3.05) is 0 Å². The summed E-state index contributed by atoms with van der Waals surface area (Å²) in [6.07, 6.45) is 5.26. The Labute approximate surface area is 118 Å². The molecule has 3 rings (SSSR count). The number of aromatic nitrogens is 3. The number of rotatable bonds is 4. The summed E-state index contributed by atoms with van der Waals surface area (Å²) in [6, 6.07) is 6.40. The van der Waals surface area contributed by atoms with E-state index in [9.17, 15) is 0 Å². The van der Waals surface area contributed by atoms with Crippen molar-refractivity contribution in [2.45, 2.75) is 32.9 Å². The molecule has 20 heavy (non-hydrogen) atoms. The molecule has 0 radical (unpaired) electrons. The number of fused-ring (bicyclic) bond motifs is 1. The normalized spacial score (nSPS) is 14.3. The highest BCUT2D eigenvalue weighted by molar-refractivity contribution is 5.61. The number of benzene rings is 1. The lowest BCUT2D eigenvalue weighted by Crippen LogP contribution is -2.13. The van der Waals surface area contributed by atoms with Crippen molar-refractivity contribution in [2.24, 2.45) is 5.73 Å². The molecule has 1 heterocycles. The molecule has 5 nitrogen and oxygen atoms in total. The van der Waals surface area contributed by atoms with Crippen LogP contribution in [0, 0.1) is 0 Å². The van der Waals surface area contributed by atoms with E-state index in [-0.39, 0.29) is 6.04 Å². The first-order chi connectivity index (χ1) is 9.69.